The standard InChI is InChI=1S/C36H47N5O9S2/c1-34(2,3)48-30(43)26(41-52(46,47)25-16-11-10-12-17-25)22-37-29(42)28-19-18-27(51-28)24-15-13-14-23(20-24)21-38-31(39-32(44)49-35(4,5)6)40-33(45)50-36(7,8)9/h10-20,26,41H,21-22H2,1-9H3,(H,37,42)(H2,38,39,40,44,45)/t26-/m0/s1. The molecule has 0 saturated carbocycles. The second-order valence-electron chi connectivity index (χ2n) is 14.5. The third kappa shape index (κ3) is 14.4. The molecule has 0 radical (unpaired) electrons. The third-order valence-electron chi connectivity index (χ3n) is 6.21. The molecule has 1 atom stereocenters. The number of nitrogens with one attached hydrogen (secondary N) is 4. The first-order valence-electron chi connectivity index (χ1n) is 16.3. The zero-order valence-corrected chi connectivity index (χ0v) is 32.4. The van der Waals surface area contributed by atoms with E-state index in [1.807, 2.05) is 12.1 Å². The summed E-state index contributed by atoms with van der Waals surface area (Å²) < 4.78 is 44.4. The first-order valence-corrected chi connectivity index (χ1v) is 18.6. The van der Waals surface area contributed by atoms with Gasteiger partial charge in [0.15, 0.2) is 0 Å². The predicted molar refractivity (Wildman–Crippen MR) is 198 cm³/mol. The van der Waals surface area contributed by atoms with Gasteiger partial charge in [0.2, 0.25) is 16.0 Å². The number of ether oxygens (including phenoxy) is 3. The molecular weight excluding hydrogens is 711 g/mol. The van der Waals surface area contributed by atoms with E-state index in [0.29, 0.717) is 4.88 Å². The van der Waals surface area contributed by atoms with Gasteiger partial charge in [0.25, 0.3) is 5.91 Å². The molecule has 0 aliphatic carbocycles. The van der Waals surface area contributed by atoms with E-state index in [2.05, 4.69) is 25.7 Å². The van der Waals surface area contributed by atoms with Crippen molar-refractivity contribution >= 4 is 51.4 Å². The van der Waals surface area contributed by atoms with Crippen molar-refractivity contribution in [3.05, 3.63) is 77.2 Å². The van der Waals surface area contributed by atoms with Crippen molar-refractivity contribution < 1.29 is 41.8 Å². The second-order valence-corrected chi connectivity index (χ2v) is 17.3. The number of hydrogen-bond acceptors (Lipinski definition) is 11. The Labute approximate surface area is 308 Å². The van der Waals surface area contributed by atoms with Crippen molar-refractivity contribution in [2.45, 2.75) is 96.6 Å². The lowest BCUT2D eigenvalue weighted by Gasteiger charge is -2.24. The summed E-state index contributed by atoms with van der Waals surface area (Å²) in [6.45, 7) is 14.9. The van der Waals surface area contributed by atoms with Crippen molar-refractivity contribution in [1.29, 1.82) is 0 Å². The molecule has 3 aromatic rings. The van der Waals surface area contributed by atoms with Crippen LogP contribution in [0.2, 0.25) is 0 Å². The van der Waals surface area contributed by atoms with Gasteiger partial charge in [0.1, 0.15) is 22.8 Å². The van der Waals surface area contributed by atoms with Gasteiger partial charge in [-0.25, -0.2) is 23.0 Å². The van der Waals surface area contributed by atoms with E-state index in [4.69, 9.17) is 14.2 Å². The number of carbonyl (C=O) groups is 4. The average molecular weight is 758 g/mol. The summed E-state index contributed by atoms with van der Waals surface area (Å²) in [4.78, 5) is 56.5. The molecule has 14 nitrogen and oxygen atoms in total. The summed E-state index contributed by atoms with van der Waals surface area (Å²) in [6, 6.07) is 16.8. The summed E-state index contributed by atoms with van der Waals surface area (Å²) >= 11 is 1.18. The van der Waals surface area contributed by atoms with Crippen molar-refractivity contribution in [2.75, 3.05) is 6.54 Å². The summed E-state index contributed by atoms with van der Waals surface area (Å²) in [5.74, 6) is -1.53. The fraction of sp³-hybridized carbons (Fsp3) is 0.417. The van der Waals surface area contributed by atoms with Crippen LogP contribution in [0.5, 0.6) is 0 Å². The SMILES string of the molecule is CC(C)(C)OC(=O)NC(=NCc1cccc(-c2ccc(C(=O)NC[C@H](NS(=O)(=O)c3ccccc3)C(=O)OC(C)(C)C)s2)c1)NC(=O)OC(C)(C)C. The number of aliphatic imine (C=N–C) groups is 1. The minimum atomic E-state index is -4.11. The lowest BCUT2D eigenvalue weighted by molar-refractivity contribution is -0.156. The minimum Gasteiger partial charge on any atom is -0.459 e. The monoisotopic (exact) mass is 757 g/mol. The smallest absolute Gasteiger partial charge is 0.414 e. The lowest BCUT2D eigenvalue weighted by Crippen LogP contribution is -2.50. The highest BCUT2D eigenvalue weighted by Gasteiger charge is 2.30. The van der Waals surface area contributed by atoms with Gasteiger partial charge in [-0.1, -0.05) is 36.4 Å². The number of hydrogen-bond donors (Lipinski definition) is 4. The normalized spacial score (nSPS) is 12.6. The van der Waals surface area contributed by atoms with E-state index >= 15 is 0 Å². The van der Waals surface area contributed by atoms with E-state index in [1.54, 1.807) is 105 Å². The Kier molecular flexibility index (Phi) is 13.7. The summed E-state index contributed by atoms with van der Waals surface area (Å²) in [5.41, 5.74) is -0.986. The Morgan fingerprint density at radius 3 is 1.88 bits per heavy atom. The maximum Gasteiger partial charge on any atom is 0.414 e. The molecule has 0 aliphatic rings. The van der Waals surface area contributed by atoms with Gasteiger partial charge in [-0.15, -0.1) is 11.3 Å². The van der Waals surface area contributed by atoms with Crippen molar-refractivity contribution in [1.82, 2.24) is 20.7 Å². The molecule has 282 valence electrons. The second kappa shape index (κ2) is 17.1. The molecule has 0 bridgehead atoms. The molecule has 0 unspecified atom stereocenters. The quantitative estimate of drug-likeness (QED) is 0.0865. The Hall–Kier alpha value is -4.80. The van der Waals surface area contributed by atoms with Crippen molar-refractivity contribution in [3.8, 4) is 10.4 Å². The first-order chi connectivity index (χ1) is 24.0. The Bertz CT molecular complexity index is 1840. The molecule has 0 fully saturated rings. The van der Waals surface area contributed by atoms with Gasteiger partial charge in [0, 0.05) is 11.4 Å². The van der Waals surface area contributed by atoms with Crippen LogP contribution in [0.25, 0.3) is 10.4 Å². The van der Waals surface area contributed by atoms with Gasteiger partial charge in [-0.2, -0.15) is 4.72 Å². The lowest BCUT2D eigenvalue weighted by atomic mass is 10.1. The number of carbonyl (C=O) groups excluding carboxylic acids is 4. The number of sulfonamides is 1. The zero-order chi connectivity index (χ0) is 38.9. The van der Waals surface area contributed by atoms with Crippen LogP contribution in [0.3, 0.4) is 0 Å². The number of esters is 1. The molecule has 1 aromatic heterocycles. The zero-order valence-electron chi connectivity index (χ0n) is 30.8. The molecule has 0 spiro atoms. The summed E-state index contributed by atoms with van der Waals surface area (Å²) in [6.07, 6.45) is -1.63. The van der Waals surface area contributed by atoms with E-state index in [-0.39, 0.29) is 23.9 Å². The number of guanidine groups is 1. The summed E-state index contributed by atoms with van der Waals surface area (Å²) in [7, 11) is -4.11. The van der Waals surface area contributed by atoms with E-state index in [0.717, 1.165) is 16.0 Å². The van der Waals surface area contributed by atoms with Crippen LogP contribution in [0.1, 0.15) is 77.5 Å². The maximum atomic E-state index is 13.2. The number of rotatable bonds is 10. The molecule has 1 heterocycles. The molecule has 4 N–H and O–H groups in total. The highest BCUT2D eigenvalue weighted by atomic mass is 32.2. The number of alkyl carbamates (subject to hydrolysis) is 2. The average Bonchev–Trinajstić information content (AvgIpc) is 3.50. The largest absolute Gasteiger partial charge is 0.459 e. The molecule has 16 heteroatoms. The van der Waals surface area contributed by atoms with E-state index in [1.165, 1.54) is 23.5 Å². The van der Waals surface area contributed by atoms with E-state index in [9.17, 15) is 27.6 Å². The van der Waals surface area contributed by atoms with Crippen LogP contribution in [0.4, 0.5) is 9.59 Å². The van der Waals surface area contributed by atoms with Gasteiger partial charge in [0.05, 0.1) is 16.3 Å². The van der Waals surface area contributed by atoms with Crippen LogP contribution < -0.4 is 20.7 Å². The predicted octanol–water partition coefficient (Wildman–Crippen LogP) is 5.74. The summed E-state index contributed by atoms with van der Waals surface area (Å²) in [5, 5.41) is 7.54. The van der Waals surface area contributed by atoms with Crippen LogP contribution in [-0.2, 0) is 35.6 Å². The highest BCUT2D eigenvalue weighted by molar-refractivity contribution is 7.89. The van der Waals surface area contributed by atoms with Crippen LogP contribution in [-0.4, -0.2) is 67.8 Å². The van der Waals surface area contributed by atoms with Crippen molar-refractivity contribution in [2.24, 2.45) is 4.99 Å². The fourth-order valence-corrected chi connectivity index (χ4v) is 6.33. The van der Waals surface area contributed by atoms with Gasteiger partial charge < -0.3 is 19.5 Å². The topological polar surface area (TPSA) is 191 Å². The van der Waals surface area contributed by atoms with Gasteiger partial charge in [-0.3, -0.25) is 20.2 Å². The Balaban J connectivity index is 1.75. The number of amides is 3. The van der Waals surface area contributed by atoms with E-state index < -0.39 is 56.9 Å². The van der Waals surface area contributed by atoms with Crippen molar-refractivity contribution in [3.63, 3.8) is 0 Å². The van der Waals surface area contributed by atoms with Crippen LogP contribution >= 0.6 is 11.3 Å². The Morgan fingerprint density at radius 1 is 0.750 bits per heavy atom. The Morgan fingerprint density at radius 2 is 1.33 bits per heavy atom. The van der Waals surface area contributed by atoms with Gasteiger partial charge in [-0.05, 0) is 104 Å². The molecule has 0 aliphatic heterocycles. The third-order valence-corrected chi connectivity index (χ3v) is 8.83. The maximum absolute atomic E-state index is 13.2. The molecule has 52 heavy (non-hydrogen) atoms. The first kappa shape index (κ1) is 41.6. The fourth-order valence-electron chi connectivity index (χ4n) is 4.20. The molecule has 2 aromatic carbocycles. The van der Waals surface area contributed by atoms with Gasteiger partial charge >= 0.3 is 18.2 Å². The number of thiophene rings is 1. The number of benzene rings is 2. The number of nitrogens with zero attached hydrogens (tertiary/aromatic N) is 1. The van der Waals surface area contributed by atoms with Crippen LogP contribution in [0.15, 0.2) is 76.6 Å². The molecular formula is C36H47N5O9S2. The minimum absolute atomic E-state index is 0.0412. The molecule has 0 saturated heterocycles. The molecule has 3 rings (SSSR count). The highest BCUT2D eigenvalue weighted by Crippen LogP contribution is 2.29. The van der Waals surface area contributed by atoms with Crippen LogP contribution in [0, 0.1) is 0 Å². The molecule has 3 amide bonds.